The molecule has 1 aromatic rings. The van der Waals surface area contributed by atoms with Crippen LogP contribution in [0.25, 0.3) is 0 Å². The molecule has 4 nitrogen and oxygen atoms in total. The molecule has 4 heteroatoms. The summed E-state index contributed by atoms with van der Waals surface area (Å²) in [6, 6.07) is 3.92. The third-order valence-corrected chi connectivity index (χ3v) is 4.95. The van der Waals surface area contributed by atoms with Gasteiger partial charge in [0.25, 0.3) is 0 Å². The molecule has 0 saturated heterocycles. The van der Waals surface area contributed by atoms with Crippen LogP contribution in [-0.4, -0.2) is 17.0 Å². The van der Waals surface area contributed by atoms with Crippen molar-refractivity contribution in [3.05, 3.63) is 28.8 Å². The van der Waals surface area contributed by atoms with Gasteiger partial charge in [0.1, 0.15) is 5.75 Å². The highest BCUT2D eigenvalue weighted by Crippen LogP contribution is 2.43. The maximum Gasteiger partial charge on any atom is 0.310 e. The minimum absolute atomic E-state index is 0.345. The van der Waals surface area contributed by atoms with Gasteiger partial charge in [0, 0.05) is 6.92 Å². The van der Waals surface area contributed by atoms with Gasteiger partial charge in [-0.15, -0.1) is 0 Å². The molecule has 22 heavy (non-hydrogen) atoms. The van der Waals surface area contributed by atoms with Crippen molar-refractivity contribution in [1.82, 2.24) is 0 Å². The number of carbonyl (C=O) groups excluding carboxylic acids is 1. The molecule has 3 rings (SSSR count). The molecule has 118 valence electrons. The van der Waals surface area contributed by atoms with E-state index in [-0.39, 0.29) is 5.97 Å². The number of aliphatic carboxylic acids is 1. The van der Waals surface area contributed by atoms with E-state index in [1.807, 2.05) is 6.07 Å². The van der Waals surface area contributed by atoms with Crippen molar-refractivity contribution in [2.75, 3.05) is 0 Å². The van der Waals surface area contributed by atoms with Crippen molar-refractivity contribution < 1.29 is 19.4 Å². The summed E-state index contributed by atoms with van der Waals surface area (Å²) >= 11 is 0. The number of hydrogen-bond donors (Lipinski definition) is 1. The molecule has 2 aliphatic carbocycles. The minimum Gasteiger partial charge on any atom is -0.481 e. The van der Waals surface area contributed by atoms with E-state index >= 15 is 0 Å². The molecule has 1 N–H and O–H groups in total. The summed E-state index contributed by atoms with van der Waals surface area (Å²) in [6.07, 6.45) is 7.36. The van der Waals surface area contributed by atoms with Gasteiger partial charge in [0.15, 0.2) is 0 Å². The highest BCUT2D eigenvalue weighted by atomic mass is 16.5. The zero-order valence-electron chi connectivity index (χ0n) is 12.9. The summed E-state index contributed by atoms with van der Waals surface area (Å²) in [5.74, 6) is -0.604. The zero-order valence-corrected chi connectivity index (χ0v) is 12.9. The maximum absolute atomic E-state index is 11.4. The van der Waals surface area contributed by atoms with Gasteiger partial charge in [0.05, 0.1) is 5.92 Å². The smallest absolute Gasteiger partial charge is 0.310 e. The number of esters is 1. The van der Waals surface area contributed by atoms with Gasteiger partial charge in [-0.25, -0.2) is 0 Å². The SMILES string of the molecule is CC(=O)Oc1cc2c(cc1C1CCCCC1)CC[C@H]2C(=O)O. The average molecular weight is 302 g/mol. The number of fused-ring (bicyclic) bond motifs is 1. The van der Waals surface area contributed by atoms with Crippen LogP contribution < -0.4 is 4.74 Å². The number of benzene rings is 1. The number of aryl methyl sites for hydroxylation is 1. The lowest BCUT2D eigenvalue weighted by Gasteiger charge is -2.25. The number of carboxylic acids is 1. The molecule has 1 atom stereocenters. The number of ether oxygens (including phenoxy) is 1. The Balaban J connectivity index is 2.01. The van der Waals surface area contributed by atoms with Crippen LogP contribution in [0.15, 0.2) is 12.1 Å². The quantitative estimate of drug-likeness (QED) is 0.682. The lowest BCUT2D eigenvalue weighted by atomic mass is 9.82. The van der Waals surface area contributed by atoms with E-state index in [0.717, 1.165) is 36.0 Å². The fraction of sp³-hybridized carbons (Fsp3) is 0.556. The summed E-state index contributed by atoms with van der Waals surface area (Å²) < 4.78 is 5.42. The summed E-state index contributed by atoms with van der Waals surface area (Å²) in [7, 11) is 0. The van der Waals surface area contributed by atoms with Crippen molar-refractivity contribution in [1.29, 1.82) is 0 Å². The standard InChI is InChI=1S/C18H22O4/c1-11(19)22-17-10-15-13(7-8-14(15)18(20)21)9-16(17)12-5-3-2-4-6-12/h9-10,12,14H,2-8H2,1H3,(H,20,21)/t14-/m1/s1. The van der Waals surface area contributed by atoms with Gasteiger partial charge in [0.2, 0.25) is 0 Å². The molecule has 0 bridgehead atoms. The van der Waals surface area contributed by atoms with E-state index in [9.17, 15) is 14.7 Å². The lowest BCUT2D eigenvalue weighted by molar-refractivity contribution is -0.138. The highest BCUT2D eigenvalue weighted by molar-refractivity contribution is 5.79. The summed E-state index contributed by atoms with van der Waals surface area (Å²) in [6.45, 7) is 1.40. The van der Waals surface area contributed by atoms with Crippen molar-refractivity contribution in [2.24, 2.45) is 0 Å². The van der Waals surface area contributed by atoms with E-state index in [4.69, 9.17) is 4.74 Å². The molecule has 1 saturated carbocycles. The lowest BCUT2D eigenvalue weighted by Crippen LogP contribution is -2.12. The van der Waals surface area contributed by atoms with Crippen molar-refractivity contribution in [3.63, 3.8) is 0 Å². The van der Waals surface area contributed by atoms with Gasteiger partial charge < -0.3 is 9.84 Å². The second-order valence-corrected chi connectivity index (χ2v) is 6.45. The first-order valence-corrected chi connectivity index (χ1v) is 8.14. The van der Waals surface area contributed by atoms with Gasteiger partial charge in [-0.1, -0.05) is 25.3 Å². The number of rotatable bonds is 3. The molecular weight excluding hydrogens is 280 g/mol. The Hall–Kier alpha value is -1.84. The van der Waals surface area contributed by atoms with Gasteiger partial charge in [-0.3, -0.25) is 9.59 Å². The Kier molecular flexibility index (Phi) is 4.19. The highest BCUT2D eigenvalue weighted by Gasteiger charge is 2.31. The van der Waals surface area contributed by atoms with Gasteiger partial charge in [-0.2, -0.15) is 0 Å². The van der Waals surface area contributed by atoms with Crippen LogP contribution in [0.1, 0.15) is 74.0 Å². The monoisotopic (exact) mass is 302 g/mol. The third kappa shape index (κ3) is 2.87. The topological polar surface area (TPSA) is 63.6 Å². The molecule has 0 aromatic heterocycles. The van der Waals surface area contributed by atoms with E-state index in [1.165, 1.54) is 26.2 Å². The average Bonchev–Trinajstić information content (AvgIpc) is 2.89. The molecule has 0 aliphatic heterocycles. The molecule has 0 spiro atoms. The minimum atomic E-state index is -0.794. The number of carbonyl (C=O) groups is 2. The largest absolute Gasteiger partial charge is 0.481 e. The van der Waals surface area contributed by atoms with E-state index in [0.29, 0.717) is 18.1 Å². The van der Waals surface area contributed by atoms with Crippen molar-refractivity contribution >= 4 is 11.9 Å². The Labute approximate surface area is 130 Å². The molecule has 0 radical (unpaired) electrons. The first-order chi connectivity index (χ1) is 10.6. The molecule has 0 heterocycles. The Morgan fingerprint density at radius 2 is 1.82 bits per heavy atom. The van der Waals surface area contributed by atoms with E-state index in [2.05, 4.69) is 6.07 Å². The maximum atomic E-state index is 11.4. The normalized spacial score (nSPS) is 21.4. The summed E-state index contributed by atoms with van der Waals surface area (Å²) in [4.78, 5) is 22.8. The third-order valence-electron chi connectivity index (χ3n) is 4.95. The predicted octanol–water partition coefficient (Wildman–Crippen LogP) is 3.77. The van der Waals surface area contributed by atoms with Crippen LogP contribution in [0.2, 0.25) is 0 Å². The number of hydrogen-bond acceptors (Lipinski definition) is 3. The fourth-order valence-corrected chi connectivity index (χ4v) is 3.89. The van der Waals surface area contributed by atoms with E-state index < -0.39 is 11.9 Å². The summed E-state index contributed by atoms with van der Waals surface area (Å²) in [5, 5.41) is 9.34. The zero-order chi connectivity index (χ0) is 15.7. The van der Waals surface area contributed by atoms with Crippen molar-refractivity contribution in [2.45, 2.75) is 63.7 Å². The van der Waals surface area contributed by atoms with Crippen LogP contribution >= 0.6 is 0 Å². The van der Waals surface area contributed by atoms with Crippen molar-refractivity contribution in [3.8, 4) is 5.75 Å². The number of carboxylic acid groups (broad SMARTS) is 1. The van der Waals surface area contributed by atoms with Crippen LogP contribution in [0, 0.1) is 0 Å². The first kappa shape index (κ1) is 15.1. The summed E-state index contributed by atoms with van der Waals surface area (Å²) in [5.41, 5.74) is 3.03. The Bertz CT molecular complexity index is 599. The van der Waals surface area contributed by atoms with Crippen LogP contribution in [0.3, 0.4) is 0 Å². The predicted molar refractivity (Wildman–Crippen MR) is 82.3 cm³/mol. The second kappa shape index (κ2) is 6.11. The molecular formula is C18H22O4. The molecule has 1 fully saturated rings. The first-order valence-electron chi connectivity index (χ1n) is 8.14. The Morgan fingerprint density at radius 3 is 2.45 bits per heavy atom. The molecule has 0 amide bonds. The van der Waals surface area contributed by atoms with Gasteiger partial charge in [-0.05, 0) is 54.4 Å². The Morgan fingerprint density at radius 1 is 1.09 bits per heavy atom. The second-order valence-electron chi connectivity index (χ2n) is 6.45. The van der Waals surface area contributed by atoms with Crippen LogP contribution in [0.4, 0.5) is 0 Å². The van der Waals surface area contributed by atoms with Crippen LogP contribution in [0.5, 0.6) is 5.75 Å². The van der Waals surface area contributed by atoms with Crippen LogP contribution in [-0.2, 0) is 16.0 Å². The molecule has 1 aromatic carbocycles. The van der Waals surface area contributed by atoms with Gasteiger partial charge >= 0.3 is 11.9 Å². The fourth-order valence-electron chi connectivity index (χ4n) is 3.89. The van der Waals surface area contributed by atoms with E-state index in [1.54, 1.807) is 0 Å². The molecule has 0 unspecified atom stereocenters. The molecule has 2 aliphatic rings.